The zero-order chi connectivity index (χ0) is 14.4. The number of nitrogens with one attached hydrogen (secondary N) is 1. The van der Waals surface area contributed by atoms with Crippen molar-refractivity contribution >= 4 is 42.3 Å². The van der Waals surface area contributed by atoms with Crippen molar-refractivity contribution < 1.29 is 9.59 Å². The molecule has 1 rings (SSSR count). The van der Waals surface area contributed by atoms with Crippen molar-refractivity contribution in [3.05, 3.63) is 24.0 Å². The molecule has 0 aliphatic heterocycles. The average Bonchev–Trinajstić information content (AvgIpc) is 2.38. The maximum Gasteiger partial charge on any atom is 0.272 e. The van der Waals surface area contributed by atoms with Crippen LogP contribution in [0.25, 0.3) is 0 Å². The Morgan fingerprint density at radius 2 is 2.00 bits per heavy atom. The highest BCUT2D eigenvalue weighted by atomic mass is 35.5. The molecule has 1 aromatic rings. The van der Waals surface area contributed by atoms with Gasteiger partial charge in [0.1, 0.15) is 5.69 Å². The van der Waals surface area contributed by atoms with Crippen LogP contribution >= 0.6 is 24.8 Å². The van der Waals surface area contributed by atoms with Gasteiger partial charge in [-0.25, -0.2) is 0 Å². The molecule has 1 atom stereocenters. The third kappa shape index (κ3) is 6.75. The van der Waals surface area contributed by atoms with Gasteiger partial charge in [0, 0.05) is 26.0 Å². The zero-order valence-electron chi connectivity index (χ0n) is 12.3. The largest absolute Gasteiger partial charge is 0.343 e. The van der Waals surface area contributed by atoms with Crippen molar-refractivity contribution in [2.24, 2.45) is 5.73 Å². The van der Waals surface area contributed by atoms with E-state index in [-0.39, 0.29) is 42.3 Å². The summed E-state index contributed by atoms with van der Waals surface area (Å²) in [4.78, 5) is 28.9. The normalized spacial score (nSPS) is 10.7. The van der Waals surface area contributed by atoms with Gasteiger partial charge in [-0.2, -0.15) is 0 Å². The molecular weight excluding hydrogens is 315 g/mol. The van der Waals surface area contributed by atoms with E-state index in [1.165, 1.54) is 11.1 Å². The molecule has 0 aromatic carbocycles. The standard InChI is InChI=1S/C13H20N4O2.2ClH/c1-4-5-10(14)12(18)16-9-6-7-15-11(8-9)13(19)17(2)3;;/h6-8,10H,4-5,14H2,1-3H3,(H,15,16,18);2*1H. The van der Waals surface area contributed by atoms with Crippen LogP contribution < -0.4 is 11.1 Å². The number of nitrogens with zero attached hydrogens (tertiary/aromatic N) is 2. The number of aromatic nitrogens is 1. The van der Waals surface area contributed by atoms with Gasteiger partial charge in [0.05, 0.1) is 6.04 Å². The molecule has 0 aliphatic rings. The molecule has 0 spiro atoms. The van der Waals surface area contributed by atoms with E-state index in [2.05, 4.69) is 10.3 Å². The highest BCUT2D eigenvalue weighted by Crippen LogP contribution is 2.10. The van der Waals surface area contributed by atoms with Crippen LogP contribution in [0.15, 0.2) is 18.3 Å². The van der Waals surface area contributed by atoms with E-state index in [0.29, 0.717) is 12.1 Å². The number of carbonyl (C=O) groups is 2. The van der Waals surface area contributed by atoms with E-state index in [1.54, 1.807) is 26.2 Å². The van der Waals surface area contributed by atoms with Crippen LogP contribution in [-0.2, 0) is 4.79 Å². The lowest BCUT2D eigenvalue weighted by Gasteiger charge is -2.13. The van der Waals surface area contributed by atoms with Crippen LogP contribution in [-0.4, -0.2) is 41.8 Å². The SMILES string of the molecule is CCCC(N)C(=O)Nc1ccnc(C(=O)N(C)C)c1.Cl.Cl. The molecule has 6 nitrogen and oxygen atoms in total. The zero-order valence-corrected chi connectivity index (χ0v) is 14.0. The summed E-state index contributed by atoms with van der Waals surface area (Å²) in [6, 6.07) is 2.63. The quantitative estimate of drug-likeness (QED) is 0.856. The van der Waals surface area contributed by atoms with Crippen molar-refractivity contribution in [2.45, 2.75) is 25.8 Å². The molecule has 3 N–H and O–H groups in total. The van der Waals surface area contributed by atoms with Crippen molar-refractivity contribution in [3.8, 4) is 0 Å². The lowest BCUT2D eigenvalue weighted by atomic mass is 10.1. The smallest absolute Gasteiger partial charge is 0.272 e. The fraction of sp³-hybridized carbons (Fsp3) is 0.462. The third-order valence-electron chi connectivity index (χ3n) is 2.59. The maximum absolute atomic E-state index is 11.8. The van der Waals surface area contributed by atoms with Gasteiger partial charge >= 0.3 is 0 Å². The van der Waals surface area contributed by atoms with E-state index in [1.807, 2.05) is 6.92 Å². The number of pyridine rings is 1. The molecule has 0 bridgehead atoms. The number of halogens is 2. The Hall–Kier alpha value is -1.37. The van der Waals surface area contributed by atoms with Crippen LogP contribution in [0.3, 0.4) is 0 Å². The predicted molar refractivity (Wildman–Crippen MR) is 88.3 cm³/mol. The monoisotopic (exact) mass is 336 g/mol. The van der Waals surface area contributed by atoms with E-state index in [0.717, 1.165) is 6.42 Å². The van der Waals surface area contributed by atoms with Crippen LogP contribution in [0.1, 0.15) is 30.3 Å². The Morgan fingerprint density at radius 3 is 2.52 bits per heavy atom. The molecule has 0 saturated carbocycles. The van der Waals surface area contributed by atoms with Gasteiger partial charge in [0.25, 0.3) is 5.91 Å². The second-order valence-corrected chi connectivity index (χ2v) is 4.51. The second kappa shape index (κ2) is 10.4. The first-order valence-corrected chi connectivity index (χ1v) is 6.19. The van der Waals surface area contributed by atoms with Crippen LogP contribution in [0.5, 0.6) is 0 Å². The molecule has 0 aliphatic carbocycles. The summed E-state index contributed by atoms with van der Waals surface area (Å²) in [6.45, 7) is 1.97. The molecule has 2 amide bonds. The number of amides is 2. The summed E-state index contributed by atoms with van der Waals surface area (Å²) in [6.07, 6.45) is 2.95. The molecule has 1 heterocycles. The van der Waals surface area contributed by atoms with E-state index >= 15 is 0 Å². The van der Waals surface area contributed by atoms with E-state index in [4.69, 9.17) is 5.73 Å². The lowest BCUT2D eigenvalue weighted by Crippen LogP contribution is -2.35. The minimum atomic E-state index is -0.536. The number of hydrogen-bond acceptors (Lipinski definition) is 4. The molecule has 8 heteroatoms. The van der Waals surface area contributed by atoms with Crippen molar-refractivity contribution in [2.75, 3.05) is 19.4 Å². The minimum Gasteiger partial charge on any atom is -0.343 e. The van der Waals surface area contributed by atoms with Crippen LogP contribution in [0.2, 0.25) is 0 Å². The van der Waals surface area contributed by atoms with Crippen LogP contribution in [0, 0.1) is 0 Å². The number of carbonyl (C=O) groups excluding carboxylic acids is 2. The Labute approximate surface area is 137 Å². The summed E-state index contributed by atoms with van der Waals surface area (Å²) in [5.74, 6) is -0.467. The van der Waals surface area contributed by atoms with Gasteiger partial charge in [-0.3, -0.25) is 14.6 Å². The number of anilines is 1. The lowest BCUT2D eigenvalue weighted by molar-refractivity contribution is -0.117. The fourth-order valence-corrected chi connectivity index (χ4v) is 1.53. The third-order valence-corrected chi connectivity index (χ3v) is 2.59. The van der Waals surface area contributed by atoms with Crippen molar-refractivity contribution in [3.63, 3.8) is 0 Å². The van der Waals surface area contributed by atoms with Crippen molar-refractivity contribution in [1.82, 2.24) is 9.88 Å². The van der Waals surface area contributed by atoms with Gasteiger partial charge in [0.2, 0.25) is 5.91 Å². The summed E-state index contributed by atoms with van der Waals surface area (Å²) >= 11 is 0. The molecule has 21 heavy (non-hydrogen) atoms. The van der Waals surface area contributed by atoms with E-state index in [9.17, 15) is 9.59 Å². The Kier molecular flexibility index (Phi) is 10.8. The average molecular weight is 337 g/mol. The van der Waals surface area contributed by atoms with Gasteiger partial charge in [-0.05, 0) is 18.6 Å². The summed E-state index contributed by atoms with van der Waals surface area (Å²) in [5.41, 5.74) is 6.53. The van der Waals surface area contributed by atoms with Crippen molar-refractivity contribution in [1.29, 1.82) is 0 Å². The van der Waals surface area contributed by atoms with Gasteiger partial charge < -0.3 is 16.0 Å². The van der Waals surface area contributed by atoms with Gasteiger partial charge in [-0.1, -0.05) is 13.3 Å². The topological polar surface area (TPSA) is 88.3 Å². The first-order chi connectivity index (χ1) is 8.95. The van der Waals surface area contributed by atoms with Gasteiger partial charge in [-0.15, -0.1) is 24.8 Å². The molecule has 0 fully saturated rings. The van der Waals surface area contributed by atoms with E-state index < -0.39 is 6.04 Å². The minimum absolute atomic E-state index is 0. The van der Waals surface area contributed by atoms with Gasteiger partial charge in [0.15, 0.2) is 0 Å². The number of hydrogen-bond donors (Lipinski definition) is 2. The Morgan fingerprint density at radius 1 is 1.38 bits per heavy atom. The van der Waals surface area contributed by atoms with Crippen LogP contribution in [0.4, 0.5) is 5.69 Å². The summed E-state index contributed by atoms with van der Waals surface area (Å²) in [7, 11) is 3.29. The molecule has 120 valence electrons. The summed E-state index contributed by atoms with van der Waals surface area (Å²) in [5, 5.41) is 2.69. The highest BCUT2D eigenvalue weighted by molar-refractivity contribution is 5.97. The first kappa shape index (κ1) is 21.9. The fourth-order valence-electron chi connectivity index (χ4n) is 1.53. The molecule has 1 aromatic heterocycles. The maximum atomic E-state index is 11.8. The molecule has 0 saturated heterocycles. The Balaban J connectivity index is 0. The highest BCUT2D eigenvalue weighted by Gasteiger charge is 2.14. The number of rotatable bonds is 5. The predicted octanol–water partition coefficient (Wildman–Crippen LogP) is 1.69. The Bertz CT molecular complexity index is 469. The second-order valence-electron chi connectivity index (χ2n) is 4.51. The molecule has 0 radical (unpaired) electrons. The number of nitrogens with two attached hydrogens (primary N) is 1. The molecule has 1 unspecified atom stereocenters. The first-order valence-electron chi connectivity index (χ1n) is 6.19. The molecular formula is C13H22Cl2N4O2. The summed E-state index contributed by atoms with van der Waals surface area (Å²) < 4.78 is 0.